The predicted molar refractivity (Wildman–Crippen MR) is 128 cm³/mol. The first kappa shape index (κ1) is 24.1. The smallest absolute Gasteiger partial charge is 0.416 e. The van der Waals surface area contributed by atoms with Crippen LogP contribution in [-0.4, -0.2) is 25.0 Å². The van der Waals surface area contributed by atoms with Crippen LogP contribution in [0.25, 0.3) is 11.1 Å². The van der Waals surface area contributed by atoms with Gasteiger partial charge in [0.1, 0.15) is 17.6 Å². The topological polar surface area (TPSA) is 90.4 Å². The van der Waals surface area contributed by atoms with Crippen molar-refractivity contribution in [1.82, 2.24) is 9.97 Å². The van der Waals surface area contributed by atoms with Gasteiger partial charge < -0.3 is 9.47 Å². The van der Waals surface area contributed by atoms with E-state index in [4.69, 9.17) is 9.47 Å². The highest BCUT2D eigenvalue weighted by Crippen LogP contribution is 2.42. The third-order valence-electron chi connectivity index (χ3n) is 5.50. The molecule has 0 spiro atoms. The monoisotopic (exact) mass is 533 g/mol. The van der Waals surface area contributed by atoms with Gasteiger partial charge in [-0.1, -0.05) is 6.07 Å². The zero-order valence-corrected chi connectivity index (χ0v) is 20.0. The number of anilines is 1. The van der Waals surface area contributed by atoms with E-state index < -0.39 is 27.9 Å². The second kappa shape index (κ2) is 9.43. The molecule has 0 saturated heterocycles. The lowest BCUT2D eigenvalue weighted by molar-refractivity contribution is -0.137. The van der Waals surface area contributed by atoms with Gasteiger partial charge in [-0.25, -0.2) is 13.4 Å². The molecule has 2 aromatic carbocycles. The maximum atomic E-state index is 13.4. The minimum Gasteiger partial charge on any atom is -0.493 e. The third kappa shape index (κ3) is 5.00. The van der Waals surface area contributed by atoms with Crippen molar-refractivity contribution in [3.63, 3.8) is 0 Å². The van der Waals surface area contributed by atoms with E-state index in [9.17, 15) is 21.6 Å². The van der Waals surface area contributed by atoms with Crippen LogP contribution in [0.2, 0.25) is 0 Å². The Morgan fingerprint density at radius 1 is 1.06 bits per heavy atom. The Balaban J connectivity index is 1.47. The summed E-state index contributed by atoms with van der Waals surface area (Å²) in [7, 11) is -3.89. The molecule has 3 heterocycles. The van der Waals surface area contributed by atoms with E-state index in [1.165, 1.54) is 36.8 Å². The summed E-state index contributed by atoms with van der Waals surface area (Å²) in [6.07, 6.45) is -0.180. The van der Waals surface area contributed by atoms with Gasteiger partial charge in [0.05, 0.1) is 17.1 Å². The van der Waals surface area contributed by atoms with Crippen molar-refractivity contribution in [2.45, 2.75) is 23.6 Å². The molecule has 0 fully saturated rings. The average molecular weight is 534 g/mol. The van der Waals surface area contributed by atoms with E-state index in [-0.39, 0.29) is 27.9 Å². The predicted octanol–water partition coefficient (Wildman–Crippen LogP) is 5.93. The number of thiazole rings is 1. The van der Waals surface area contributed by atoms with Crippen molar-refractivity contribution in [2.75, 3.05) is 11.3 Å². The van der Waals surface area contributed by atoms with Gasteiger partial charge in [0.2, 0.25) is 0 Å². The minimum atomic E-state index is -4.51. The Labute approximate surface area is 208 Å². The molecule has 0 saturated carbocycles. The van der Waals surface area contributed by atoms with E-state index in [1.807, 2.05) is 0 Å². The quantitative estimate of drug-likeness (QED) is 0.331. The number of sulfonamides is 1. The van der Waals surface area contributed by atoms with Crippen LogP contribution < -0.4 is 14.2 Å². The Morgan fingerprint density at radius 2 is 1.86 bits per heavy atom. The maximum absolute atomic E-state index is 13.4. The van der Waals surface area contributed by atoms with Gasteiger partial charge in [-0.05, 0) is 42.0 Å². The van der Waals surface area contributed by atoms with Gasteiger partial charge in [0, 0.05) is 47.6 Å². The second-order valence-corrected chi connectivity index (χ2v) is 10.4. The first-order chi connectivity index (χ1) is 17.2. The first-order valence-electron chi connectivity index (χ1n) is 10.7. The van der Waals surface area contributed by atoms with Crippen molar-refractivity contribution >= 4 is 26.5 Å². The van der Waals surface area contributed by atoms with E-state index in [0.29, 0.717) is 23.3 Å². The number of rotatable bonds is 6. The Morgan fingerprint density at radius 3 is 2.58 bits per heavy atom. The molecular weight excluding hydrogens is 515 g/mol. The number of nitrogens with one attached hydrogen (secondary N) is 1. The maximum Gasteiger partial charge on any atom is 0.416 e. The van der Waals surface area contributed by atoms with Gasteiger partial charge in [0.25, 0.3) is 10.0 Å². The zero-order valence-electron chi connectivity index (χ0n) is 18.4. The molecule has 0 aliphatic carbocycles. The summed E-state index contributed by atoms with van der Waals surface area (Å²) >= 11 is 1.15. The largest absolute Gasteiger partial charge is 0.493 e. The van der Waals surface area contributed by atoms with Gasteiger partial charge >= 0.3 is 6.18 Å². The van der Waals surface area contributed by atoms with Crippen LogP contribution in [0.4, 0.5) is 18.3 Å². The van der Waals surface area contributed by atoms with Crippen molar-refractivity contribution in [1.29, 1.82) is 0 Å². The van der Waals surface area contributed by atoms with E-state index >= 15 is 0 Å². The van der Waals surface area contributed by atoms with Crippen LogP contribution in [-0.2, 0) is 16.2 Å². The Hall–Kier alpha value is -3.64. The molecule has 186 valence electrons. The number of alkyl halides is 3. The Kier molecular flexibility index (Phi) is 6.31. The number of pyridine rings is 1. The summed E-state index contributed by atoms with van der Waals surface area (Å²) < 4.78 is 80.0. The summed E-state index contributed by atoms with van der Waals surface area (Å²) in [4.78, 5) is 7.85. The molecule has 0 radical (unpaired) electrons. The fraction of sp³-hybridized carbons (Fsp3) is 0.167. The molecular formula is C24H18F3N3O4S2. The number of halogens is 3. The van der Waals surface area contributed by atoms with Crippen LogP contribution in [0, 0.1) is 0 Å². The number of hydrogen-bond donors (Lipinski definition) is 1. The molecule has 0 amide bonds. The average Bonchev–Trinajstić information content (AvgIpc) is 3.36. The summed E-state index contributed by atoms with van der Waals surface area (Å²) in [6.45, 7) is 0.242. The molecule has 0 bridgehead atoms. The number of nitrogens with zero attached hydrogens (tertiary/aromatic N) is 2. The molecule has 7 nitrogen and oxygen atoms in total. The molecule has 1 N–H and O–H groups in total. The second-order valence-electron chi connectivity index (χ2n) is 7.83. The fourth-order valence-corrected chi connectivity index (χ4v) is 5.60. The summed E-state index contributed by atoms with van der Waals surface area (Å²) in [5, 5.41) is 1.89. The number of benzene rings is 2. The first-order valence-corrected chi connectivity index (χ1v) is 13.0. The van der Waals surface area contributed by atoms with Gasteiger partial charge in [0.15, 0.2) is 5.13 Å². The van der Waals surface area contributed by atoms with Gasteiger partial charge in [-0.15, -0.1) is 11.3 Å². The standard InChI is InChI=1S/C24H18F3N3O4S2/c25-24(26,27)16-1-4-20(19(13-16)15-5-8-28-9-6-15)34-21-7-11-33-22-14-17(2-3-18(21)22)36(31,32)30-23-29-10-12-35-23/h1-6,8-10,12-14,21H,7,11H2,(H,29,30). The van der Waals surface area contributed by atoms with E-state index in [2.05, 4.69) is 14.7 Å². The summed E-state index contributed by atoms with van der Waals surface area (Å²) in [5.41, 5.74) is 0.590. The molecule has 4 aromatic rings. The molecule has 1 unspecified atom stereocenters. The van der Waals surface area contributed by atoms with E-state index in [1.54, 1.807) is 23.6 Å². The molecule has 1 aliphatic rings. The molecule has 1 aliphatic heterocycles. The lowest BCUT2D eigenvalue weighted by atomic mass is 10.0. The zero-order chi connectivity index (χ0) is 25.3. The molecule has 36 heavy (non-hydrogen) atoms. The molecule has 5 rings (SSSR count). The normalized spacial score (nSPS) is 15.6. The fourth-order valence-electron chi connectivity index (χ4n) is 3.79. The highest BCUT2D eigenvalue weighted by Gasteiger charge is 2.32. The van der Waals surface area contributed by atoms with Crippen LogP contribution in [0.3, 0.4) is 0 Å². The van der Waals surface area contributed by atoms with Crippen LogP contribution in [0.15, 0.2) is 77.4 Å². The summed E-state index contributed by atoms with van der Waals surface area (Å²) in [5.74, 6) is 0.583. The van der Waals surface area contributed by atoms with Crippen LogP contribution in [0.5, 0.6) is 11.5 Å². The number of fused-ring (bicyclic) bond motifs is 1. The van der Waals surface area contributed by atoms with Crippen molar-refractivity contribution in [2.24, 2.45) is 0 Å². The van der Waals surface area contributed by atoms with Crippen LogP contribution in [0.1, 0.15) is 23.7 Å². The van der Waals surface area contributed by atoms with Crippen molar-refractivity contribution in [3.8, 4) is 22.6 Å². The lowest BCUT2D eigenvalue weighted by Gasteiger charge is -2.28. The minimum absolute atomic E-state index is 0.0101. The van der Waals surface area contributed by atoms with Gasteiger partial charge in [-0.3, -0.25) is 9.71 Å². The number of ether oxygens (including phenoxy) is 2. The molecule has 2 aromatic heterocycles. The van der Waals surface area contributed by atoms with Crippen molar-refractivity contribution in [3.05, 3.63) is 83.6 Å². The van der Waals surface area contributed by atoms with Crippen molar-refractivity contribution < 1.29 is 31.1 Å². The number of aromatic nitrogens is 2. The van der Waals surface area contributed by atoms with Crippen LogP contribution >= 0.6 is 11.3 Å². The molecule has 12 heteroatoms. The highest BCUT2D eigenvalue weighted by molar-refractivity contribution is 7.93. The SMILES string of the molecule is O=S(=O)(Nc1nccs1)c1ccc2c(c1)OCCC2Oc1ccc(C(F)(F)F)cc1-c1ccncc1. The Bertz CT molecular complexity index is 1480. The van der Waals surface area contributed by atoms with Gasteiger partial charge in [-0.2, -0.15) is 13.2 Å². The van der Waals surface area contributed by atoms with E-state index in [0.717, 1.165) is 23.5 Å². The third-order valence-corrected chi connectivity index (χ3v) is 7.66. The number of hydrogen-bond acceptors (Lipinski definition) is 7. The summed E-state index contributed by atoms with van der Waals surface area (Å²) in [6, 6.07) is 10.9. The molecule has 1 atom stereocenters. The lowest BCUT2D eigenvalue weighted by Crippen LogP contribution is -2.20. The highest BCUT2D eigenvalue weighted by atomic mass is 32.2.